The molecule has 4 heteroatoms. The zero-order valence-electron chi connectivity index (χ0n) is 25.1. The lowest BCUT2D eigenvalue weighted by Crippen LogP contribution is -2.40. The number of nitrogens with one attached hydrogen (secondary N) is 2. The van der Waals surface area contributed by atoms with Crippen LogP contribution >= 0.6 is 0 Å². The van der Waals surface area contributed by atoms with E-state index in [9.17, 15) is 0 Å². The molecule has 5 saturated carbocycles. The number of hydrogen-bond donors (Lipinski definition) is 4. The van der Waals surface area contributed by atoms with E-state index in [4.69, 9.17) is 11.5 Å². The van der Waals surface area contributed by atoms with Crippen molar-refractivity contribution in [1.82, 2.24) is 10.6 Å². The van der Waals surface area contributed by atoms with E-state index >= 15 is 0 Å². The molecule has 5 aliphatic rings. The molecule has 0 heterocycles. The maximum atomic E-state index is 5.80. The summed E-state index contributed by atoms with van der Waals surface area (Å²) in [6.45, 7) is 0. The van der Waals surface area contributed by atoms with Gasteiger partial charge in [0.25, 0.3) is 0 Å². The van der Waals surface area contributed by atoms with E-state index in [1.807, 2.05) is 0 Å². The summed E-state index contributed by atoms with van der Waals surface area (Å²) in [5.41, 5.74) is 11.4. The number of hydrogen-bond acceptors (Lipinski definition) is 4. The van der Waals surface area contributed by atoms with Crippen LogP contribution < -0.4 is 22.1 Å². The van der Waals surface area contributed by atoms with Crippen LogP contribution in [0.25, 0.3) is 0 Å². The summed E-state index contributed by atoms with van der Waals surface area (Å²) in [4.78, 5) is 0. The number of nitrogens with two attached hydrogens (primary N) is 2. The lowest BCUT2D eigenvalue weighted by atomic mass is 9.91. The number of rotatable bonds is 3. The van der Waals surface area contributed by atoms with Crippen LogP contribution in [-0.2, 0) is 0 Å². The fourth-order valence-electron chi connectivity index (χ4n) is 6.88. The third kappa shape index (κ3) is 17.9. The van der Waals surface area contributed by atoms with Crippen molar-refractivity contribution in [3.63, 3.8) is 0 Å². The first-order valence-electron chi connectivity index (χ1n) is 17.1. The summed E-state index contributed by atoms with van der Waals surface area (Å²) in [5.74, 6) is 0. The summed E-state index contributed by atoms with van der Waals surface area (Å²) >= 11 is 0. The van der Waals surface area contributed by atoms with Crippen LogP contribution in [0.4, 0.5) is 0 Å². The fraction of sp³-hybridized carbons (Fsp3) is 1.00. The molecule has 6 N–H and O–H groups in total. The van der Waals surface area contributed by atoms with Crippen molar-refractivity contribution in [3.8, 4) is 0 Å². The molecule has 0 aliphatic heterocycles. The Morgan fingerprint density at radius 1 is 0.351 bits per heavy atom. The van der Waals surface area contributed by atoms with Crippen LogP contribution in [0.5, 0.6) is 0 Å². The Morgan fingerprint density at radius 3 is 0.892 bits per heavy atom. The molecule has 5 aliphatic carbocycles. The van der Waals surface area contributed by atoms with E-state index in [1.54, 1.807) is 0 Å². The van der Waals surface area contributed by atoms with Gasteiger partial charge in [0, 0.05) is 30.2 Å². The largest absolute Gasteiger partial charge is 0.328 e. The molecule has 0 aromatic rings. The Balaban J connectivity index is 0.000000179. The topological polar surface area (TPSA) is 76.1 Å². The van der Waals surface area contributed by atoms with Crippen LogP contribution in [0, 0.1) is 0 Å². The molecule has 0 amide bonds. The third-order valence-electron chi connectivity index (χ3n) is 9.49. The maximum absolute atomic E-state index is 5.80. The third-order valence-corrected chi connectivity index (χ3v) is 9.49. The highest BCUT2D eigenvalue weighted by Gasteiger charge is 2.19. The average molecular weight is 521 g/mol. The molecule has 5 fully saturated rings. The highest BCUT2D eigenvalue weighted by Crippen LogP contribution is 2.22. The molecule has 0 radical (unpaired) electrons. The normalized spacial score (nSPS) is 25.7. The summed E-state index contributed by atoms with van der Waals surface area (Å²) in [6, 6.07) is 3.64. The second kappa shape index (κ2) is 22.6. The highest BCUT2D eigenvalue weighted by atomic mass is 14.9. The predicted molar refractivity (Wildman–Crippen MR) is 164 cm³/mol. The van der Waals surface area contributed by atoms with Gasteiger partial charge in [0.2, 0.25) is 0 Å². The lowest BCUT2D eigenvalue weighted by molar-refractivity contribution is 0.291. The van der Waals surface area contributed by atoms with Gasteiger partial charge in [0.1, 0.15) is 0 Å². The minimum atomic E-state index is 0.519. The predicted octanol–water partition coefficient (Wildman–Crippen LogP) is 8.12. The molecule has 0 aromatic carbocycles. The summed E-state index contributed by atoms with van der Waals surface area (Å²) in [5, 5.41) is 7.16. The Bertz CT molecular complexity index is 451. The summed E-state index contributed by atoms with van der Waals surface area (Å²) in [6.07, 6.45) is 37.9. The van der Waals surface area contributed by atoms with Crippen LogP contribution in [0.2, 0.25) is 0 Å². The smallest absolute Gasteiger partial charge is 0.00696 e. The SMILES string of the molecule is C1CCC(NC2CCCCC2)CC1.CNC1CCCCC1.NC1CCCCC1.NC1CCCCCCC1. The second-order valence-electron chi connectivity index (χ2n) is 13.0. The van der Waals surface area contributed by atoms with Crippen molar-refractivity contribution in [2.45, 2.75) is 204 Å². The molecule has 0 saturated heterocycles. The first-order chi connectivity index (χ1) is 18.2. The van der Waals surface area contributed by atoms with E-state index in [-0.39, 0.29) is 0 Å². The molecular weight excluding hydrogens is 452 g/mol. The molecule has 0 spiro atoms. The van der Waals surface area contributed by atoms with Crippen LogP contribution in [-0.4, -0.2) is 37.3 Å². The van der Waals surface area contributed by atoms with Gasteiger partial charge in [0.05, 0.1) is 0 Å². The lowest BCUT2D eigenvalue weighted by Gasteiger charge is -2.30. The first kappa shape index (κ1) is 33.0. The summed E-state index contributed by atoms with van der Waals surface area (Å²) < 4.78 is 0. The monoisotopic (exact) mass is 521 g/mol. The van der Waals surface area contributed by atoms with Gasteiger partial charge in [-0.05, 0) is 71.3 Å². The van der Waals surface area contributed by atoms with Gasteiger partial charge in [-0.25, -0.2) is 0 Å². The molecule has 37 heavy (non-hydrogen) atoms. The molecule has 0 unspecified atom stereocenters. The van der Waals surface area contributed by atoms with E-state index < -0.39 is 0 Å². The van der Waals surface area contributed by atoms with Gasteiger partial charge in [0.15, 0.2) is 0 Å². The molecule has 220 valence electrons. The van der Waals surface area contributed by atoms with Crippen LogP contribution in [0.1, 0.15) is 173 Å². The van der Waals surface area contributed by atoms with Crippen molar-refractivity contribution < 1.29 is 0 Å². The molecular formula is C33H68N4. The first-order valence-corrected chi connectivity index (χ1v) is 17.1. The standard InChI is InChI=1S/C12H23N.C8H17N.C7H15N.C6H13N/c1-3-7-11(8-4-1)13-12-9-5-2-6-10-12;9-8-6-4-2-1-3-5-7-8;1-8-7-5-3-2-4-6-7;7-6-4-2-1-3-5-6/h11-13H,1-10H2;8H,1-7,9H2;7-8H,2-6H2,1H3;6H,1-5,7H2. The minimum Gasteiger partial charge on any atom is -0.328 e. The quantitative estimate of drug-likeness (QED) is 0.303. The average Bonchev–Trinajstić information content (AvgIpc) is 2.94. The minimum absolute atomic E-state index is 0.519. The Labute approximate surface area is 232 Å². The van der Waals surface area contributed by atoms with Gasteiger partial charge < -0.3 is 22.1 Å². The highest BCUT2D eigenvalue weighted by molar-refractivity contribution is 4.79. The molecule has 0 atom stereocenters. The summed E-state index contributed by atoms with van der Waals surface area (Å²) in [7, 11) is 2.07. The van der Waals surface area contributed by atoms with Crippen molar-refractivity contribution in [3.05, 3.63) is 0 Å². The molecule has 0 bridgehead atoms. The molecule has 5 rings (SSSR count). The maximum Gasteiger partial charge on any atom is 0.00696 e. The molecule has 0 aromatic heterocycles. The van der Waals surface area contributed by atoms with E-state index in [0.29, 0.717) is 12.1 Å². The van der Waals surface area contributed by atoms with Crippen LogP contribution in [0.15, 0.2) is 0 Å². The fourth-order valence-corrected chi connectivity index (χ4v) is 6.88. The van der Waals surface area contributed by atoms with Crippen molar-refractivity contribution in [1.29, 1.82) is 0 Å². The van der Waals surface area contributed by atoms with E-state index in [1.165, 1.54) is 173 Å². The van der Waals surface area contributed by atoms with Crippen molar-refractivity contribution in [2.75, 3.05) is 7.05 Å². The van der Waals surface area contributed by atoms with Gasteiger partial charge in [-0.2, -0.15) is 0 Å². The van der Waals surface area contributed by atoms with Crippen LogP contribution in [0.3, 0.4) is 0 Å². The zero-order chi connectivity index (χ0) is 26.4. The van der Waals surface area contributed by atoms with Gasteiger partial charge in [-0.1, -0.05) is 109 Å². The van der Waals surface area contributed by atoms with E-state index in [0.717, 1.165) is 18.1 Å². The Hall–Kier alpha value is -0.160. The second-order valence-corrected chi connectivity index (χ2v) is 13.0. The van der Waals surface area contributed by atoms with E-state index in [2.05, 4.69) is 17.7 Å². The van der Waals surface area contributed by atoms with Crippen molar-refractivity contribution in [2.24, 2.45) is 11.5 Å². The Kier molecular flexibility index (Phi) is 20.2. The Morgan fingerprint density at radius 2 is 0.595 bits per heavy atom. The van der Waals surface area contributed by atoms with Gasteiger partial charge >= 0.3 is 0 Å². The van der Waals surface area contributed by atoms with Gasteiger partial charge in [-0.15, -0.1) is 0 Å². The van der Waals surface area contributed by atoms with Gasteiger partial charge in [-0.3, -0.25) is 0 Å². The van der Waals surface area contributed by atoms with Crippen molar-refractivity contribution >= 4 is 0 Å². The zero-order valence-corrected chi connectivity index (χ0v) is 25.1. The molecule has 4 nitrogen and oxygen atoms in total.